The molecule has 2 unspecified atom stereocenters. The van der Waals surface area contributed by atoms with Crippen molar-refractivity contribution in [3.63, 3.8) is 0 Å². The van der Waals surface area contributed by atoms with Crippen molar-refractivity contribution >= 4 is 18.4 Å². The average Bonchev–Trinajstić information content (AvgIpc) is 2.72. The van der Waals surface area contributed by atoms with Gasteiger partial charge in [0.25, 0.3) is 0 Å². The van der Waals surface area contributed by atoms with Gasteiger partial charge in [-0.05, 0) is 0 Å². The normalized spacial score (nSPS) is 58.6. The molecule has 0 spiro atoms. The molecule has 0 aromatic rings. The van der Waals surface area contributed by atoms with E-state index in [1.54, 1.807) is 19.3 Å². The van der Waals surface area contributed by atoms with Gasteiger partial charge in [-0.25, -0.2) is 0 Å². The van der Waals surface area contributed by atoms with Crippen LogP contribution in [-0.2, 0) is 0 Å². The first-order valence-corrected chi connectivity index (χ1v) is 15.1. The third-order valence-electron chi connectivity index (χ3n) is 4.76. The first kappa shape index (κ1) is 7.23. The molecule has 0 nitrogen and oxygen atoms in total. The number of hydrogen-bond donors (Lipinski definition) is 0. The molecule has 3 fully saturated rings. The molecule has 3 saturated carbocycles. The van der Waals surface area contributed by atoms with Crippen molar-refractivity contribution in [3.05, 3.63) is 0 Å². The molecule has 2 atom stereocenters. The average molecular weight is 257 g/mol. The van der Waals surface area contributed by atoms with E-state index in [0.29, 0.717) is 0 Å². The Morgan fingerprint density at radius 3 is 1.91 bits per heavy atom. The predicted octanol–water partition coefficient (Wildman–Crippen LogP) is 3.12. The second kappa shape index (κ2) is 1.69. The second-order valence-electron chi connectivity index (χ2n) is 5.85. The number of fused-ring (bicyclic) bond motifs is 2. The fraction of sp³-hybridized carbons (Fsp3) is 1.00. The van der Waals surface area contributed by atoms with Gasteiger partial charge < -0.3 is 0 Å². The molecule has 0 bridgehead atoms. The second-order valence-corrected chi connectivity index (χ2v) is 21.2. The van der Waals surface area contributed by atoms with Crippen LogP contribution in [0.15, 0.2) is 0 Å². The van der Waals surface area contributed by atoms with Crippen LogP contribution in [0.25, 0.3) is 0 Å². The van der Waals surface area contributed by atoms with Crippen molar-refractivity contribution in [1.82, 2.24) is 0 Å². The third-order valence-corrected chi connectivity index (χ3v) is 15.2. The Morgan fingerprint density at radius 2 is 1.64 bits per heavy atom. The van der Waals surface area contributed by atoms with Crippen molar-refractivity contribution in [2.24, 2.45) is 17.8 Å². The summed E-state index contributed by atoms with van der Waals surface area (Å²) >= 11 is -1.48. The van der Waals surface area contributed by atoms with Crippen LogP contribution in [0.4, 0.5) is 0 Å². The van der Waals surface area contributed by atoms with Crippen LogP contribution in [0.3, 0.4) is 0 Å². The van der Waals surface area contributed by atoms with E-state index in [-0.39, 0.29) is 0 Å². The molecule has 0 amide bonds. The first-order chi connectivity index (χ1) is 5.10. The summed E-state index contributed by atoms with van der Waals surface area (Å²) in [7, 11) is 0. The molecule has 3 aliphatic carbocycles. The van der Waals surface area contributed by atoms with Crippen LogP contribution < -0.4 is 0 Å². The van der Waals surface area contributed by atoms with Crippen LogP contribution in [0, 0.1) is 17.8 Å². The Bertz CT molecular complexity index is 192. The Balaban J connectivity index is 1.91. The number of rotatable bonds is 1. The zero-order valence-electron chi connectivity index (χ0n) is 7.85. The summed E-state index contributed by atoms with van der Waals surface area (Å²) in [5, 5.41) is 0. The standard InChI is InChI=1S/C7H9.3CH3.Sn/c1-2-4-6-5(3-1)7(4)6;;;;/h4-6H,1-3H2;3*1H3;. The maximum absolute atomic E-state index is 2.66. The quantitative estimate of drug-likeness (QED) is 0.633. The van der Waals surface area contributed by atoms with Gasteiger partial charge >= 0.3 is 73.6 Å². The van der Waals surface area contributed by atoms with Gasteiger partial charge in [-0.2, -0.15) is 0 Å². The summed E-state index contributed by atoms with van der Waals surface area (Å²) < 4.78 is 1.08. The van der Waals surface area contributed by atoms with E-state index >= 15 is 0 Å². The molecule has 3 rings (SSSR count). The summed E-state index contributed by atoms with van der Waals surface area (Å²) in [6.07, 6.45) is 4.78. The maximum atomic E-state index is 2.66. The molecule has 11 heavy (non-hydrogen) atoms. The van der Waals surface area contributed by atoms with Gasteiger partial charge in [0.1, 0.15) is 0 Å². The van der Waals surface area contributed by atoms with Crippen molar-refractivity contribution in [1.29, 1.82) is 0 Å². The van der Waals surface area contributed by atoms with Crippen molar-refractivity contribution in [2.45, 2.75) is 37.5 Å². The molecular formula is C10H18Sn. The number of hydrogen-bond acceptors (Lipinski definition) is 0. The predicted molar refractivity (Wildman–Crippen MR) is 50.4 cm³/mol. The van der Waals surface area contributed by atoms with Crippen molar-refractivity contribution in [3.8, 4) is 0 Å². The van der Waals surface area contributed by atoms with Crippen LogP contribution >= 0.6 is 0 Å². The molecular weight excluding hydrogens is 239 g/mol. The topological polar surface area (TPSA) is 0 Å². The molecule has 0 radical (unpaired) electrons. The summed E-state index contributed by atoms with van der Waals surface area (Å²) in [5.74, 6) is 3.81. The van der Waals surface area contributed by atoms with E-state index in [9.17, 15) is 0 Å². The van der Waals surface area contributed by atoms with E-state index in [2.05, 4.69) is 14.8 Å². The van der Waals surface area contributed by atoms with Gasteiger partial charge in [0.2, 0.25) is 0 Å². The molecule has 1 heteroatoms. The van der Waals surface area contributed by atoms with Gasteiger partial charge in [-0.3, -0.25) is 0 Å². The molecule has 0 heterocycles. The Morgan fingerprint density at radius 1 is 1.09 bits per heavy atom. The van der Waals surface area contributed by atoms with Gasteiger partial charge in [-0.15, -0.1) is 0 Å². The van der Waals surface area contributed by atoms with E-state index < -0.39 is 18.4 Å². The Hall–Kier alpha value is 0.799. The van der Waals surface area contributed by atoms with E-state index in [1.807, 2.05) is 0 Å². The van der Waals surface area contributed by atoms with Crippen LogP contribution in [0.1, 0.15) is 19.3 Å². The van der Waals surface area contributed by atoms with E-state index in [1.165, 1.54) is 17.8 Å². The summed E-state index contributed by atoms with van der Waals surface area (Å²) in [6.45, 7) is 0. The summed E-state index contributed by atoms with van der Waals surface area (Å²) in [4.78, 5) is 7.98. The van der Waals surface area contributed by atoms with Crippen LogP contribution in [0.5, 0.6) is 0 Å². The molecule has 0 aliphatic heterocycles. The van der Waals surface area contributed by atoms with Crippen LogP contribution in [-0.4, -0.2) is 18.4 Å². The molecule has 0 N–H and O–H groups in total. The van der Waals surface area contributed by atoms with E-state index in [0.717, 1.165) is 3.43 Å². The molecule has 62 valence electrons. The minimum atomic E-state index is -1.48. The van der Waals surface area contributed by atoms with Gasteiger partial charge in [-0.1, -0.05) is 0 Å². The molecule has 3 aliphatic rings. The monoisotopic (exact) mass is 258 g/mol. The van der Waals surface area contributed by atoms with Gasteiger partial charge in [0, 0.05) is 0 Å². The SMILES string of the molecule is [CH3][Sn]([CH3])([CH3])[C]12C3CCCC1C32. The Labute approximate surface area is 73.6 Å². The molecule has 0 aromatic heterocycles. The molecule has 0 saturated heterocycles. The van der Waals surface area contributed by atoms with Crippen LogP contribution in [0.2, 0.25) is 18.2 Å². The first-order valence-electron chi connectivity index (χ1n) is 5.10. The zero-order chi connectivity index (χ0) is 7.85. The van der Waals surface area contributed by atoms with Crippen molar-refractivity contribution < 1.29 is 0 Å². The van der Waals surface area contributed by atoms with Gasteiger partial charge in [0.15, 0.2) is 0 Å². The zero-order valence-corrected chi connectivity index (χ0v) is 10.7. The van der Waals surface area contributed by atoms with Gasteiger partial charge in [0.05, 0.1) is 0 Å². The minimum absolute atomic E-state index is 1.08. The third kappa shape index (κ3) is 0.585. The van der Waals surface area contributed by atoms with E-state index in [4.69, 9.17) is 0 Å². The summed E-state index contributed by atoms with van der Waals surface area (Å²) in [6, 6.07) is 0. The fourth-order valence-corrected chi connectivity index (χ4v) is 16.2. The molecule has 0 aromatic carbocycles. The van der Waals surface area contributed by atoms with Crippen molar-refractivity contribution in [2.75, 3.05) is 0 Å². The summed E-state index contributed by atoms with van der Waals surface area (Å²) in [5.41, 5.74) is 0. The fourth-order valence-electron chi connectivity index (χ4n) is 4.47. The Kier molecular flexibility index (Phi) is 1.11.